The summed E-state index contributed by atoms with van der Waals surface area (Å²) in [6.07, 6.45) is 7.13. The predicted molar refractivity (Wildman–Crippen MR) is 130 cm³/mol. The Labute approximate surface area is 190 Å². The molecule has 3 aliphatic heterocycles. The summed E-state index contributed by atoms with van der Waals surface area (Å²) in [5.41, 5.74) is 3.83. The van der Waals surface area contributed by atoms with Crippen LogP contribution in [0.15, 0.2) is 54.6 Å². The third-order valence-electron chi connectivity index (χ3n) is 7.46. The minimum Gasteiger partial charge on any atom is -0.497 e. The van der Waals surface area contributed by atoms with E-state index >= 15 is 0 Å². The van der Waals surface area contributed by atoms with Crippen molar-refractivity contribution in [2.75, 3.05) is 20.2 Å². The van der Waals surface area contributed by atoms with Crippen LogP contribution in [0.1, 0.15) is 49.1 Å². The van der Waals surface area contributed by atoms with Gasteiger partial charge in [0, 0.05) is 18.0 Å². The lowest BCUT2D eigenvalue weighted by atomic mass is 9.72. The summed E-state index contributed by atoms with van der Waals surface area (Å²) >= 11 is 0. The zero-order valence-corrected chi connectivity index (χ0v) is 18.9. The molecule has 3 aliphatic rings. The zero-order chi connectivity index (χ0) is 22.1. The number of ether oxygens (including phenoxy) is 1. The Balaban J connectivity index is 1.53. The Kier molecular flexibility index (Phi) is 5.99. The lowest BCUT2D eigenvalue weighted by Crippen LogP contribution is -2.55. The number of nitrogens with zero attached hydrogens (tertiary/aromatic N) is 2. The van der Waals surface area contributed by atoms with E-state index in [1.807, 2.05) is 42.5 Å². The highest BCUT2D eigenvalue weighted by molar-refractivity contribution is 5.86. The molecule has 1 aromatic heterocycles. The van der Waals surface area contributed by atoms with Crippen molar-refractivity contribution in [3.8, 4) is 5.75 Å². The predicted octanol–water partition coefficient (Wildman–Crippen LogP) is 5.57. The molecule has 2 bridgehead atoms. The molecule has 0 spiro atoms. The zero-order valence-electron chi connectivity index (χ0n) is 18.9. The molecule has 4 heterocycles. The maximum atomic E-state index is 11.7. The monoisotopic (exact) mass is 428 g/mol. The minimum atomic E-state index is -0.544. The summed E-state index contributed by atoms with van der Waals surface area (Å²) in [6, 6.07) is 18.4. The lowest BCUT2D eigenvalue weighted by molar-refractivity contribution is -0.0562. The number of aliphatic hydroxyl groups excluding tert-OH is 1. The quantitative estimate of drug-likeness (QED) is 0.558. The Morgan fingerprint density at radius 2 is 2.00 bits per heavy atom. The molecule has 4 heteroatoms. The summed E-state index contributed by atoms with van der Waals surface area (Å²) in [5, 5.41) is 12.6. The third-order valence-corrected chi connectivity index (χ3v) is 7.46. The Bertz CT molecular complexity index is 1110. The van der Waals surface area contributed by atoms with Crippen LogP contribution in [0.4, 0.5) is 0 Å². The summed E-state index contributed by atoms with van der Waals surface area (Å²) in [5.74, 6) is 2.28. The average Bonchev–Trinajstić information content (AvgIpc) is 2.87. The van der Waals surface area contributed by atoms with E-state index in [4.69, 9.17) is 9.72 Å². The van der Waals surface area contributed by atoms with E-state index in [1.165, 1.54) is 12.8 Å². The molecule has 6 rings (SSSR count). The second-order valence-electron chi connectivity index (χ2n) is 9.22. The van der Waals surface area contributed by atoms with Gasteiger partial charge in [0.2, 0.25) is 0 Å². The van der Waals surface area contributed by atoms with E-state index in [0.29, 0.717) is 0 Å². The fourth-order valence-corrected chi connectivity index (χ4v) is 5.63. The van der Waals surface area contributed by atoms with E-state index < -0.39 is 6.10 Å². The molecule has 0 radical (unpaired) electrons. The number of pyridine rings is 1. The summed E-state index contributed by atoms with van der Waals surface area (Å²) < 4.78 is 5.48. The highest BCUT2D eigenvalue weighted by Gasteiger charge is 2.42. The van der Waals surface area contributed by atoms with Gasteiger partial charge in [-0.25, -0.2) is 4.98 Å². The molecule has 1 N–H and O–H groups in total. The van der Waals surface area contributed by atoms with Gasteiger partial charge in [0.05, 0.1) is 24.4 Å². The summed E-state index contributed by atoms with van der Waals surface area (Å²) in [4.78, 5) is 7.38. The molecule has 166 valence electrons. The second kappa shape index (κ2) is 9.05. The molecular formula is C28H32N2O2. The van der Waals surface area contributed by atoms with Gasteiger partial charge in [-0.15, -0.1) is 0 Å². The van der Waals surface area contributed by atoms with Gasteiger partial charge in [-0.3, -0.25) is 4.90 Å². The van der Waals surface area contributed by atoms with E-state index in [1.54, 1.807) is 7.11 Å². The van der Waals surface area contributed by atoms with Gasteiger partial charge in [0.15, 0.2) is 0 Å². The first-order chi connectivity index (χ1) is 15.7. The van der Waals surface area contributed by atoms with Crippen LogP contribution in [0.5, 0.6) is 5.75 Å². The largest absolute Gasteiger partial charge is 0.497 e. The minimum absolute atomic E-state index is 0.166. The molecule has 5 atom stereocenters. The highest BCUT2D eigenvalue weighted by Crippen LogP contribution is 2.43. The first kappa shape index (κ1) is 21.2. The van der Waals surface area contributed by atoms with Gasteiger partial charge in [0.25, 0.3) is 0 Å². The summed E-state index contributed by atoms with van der Waals surface area (Å²) in [6.45, 7) is 4.50. The van der Waals surface area contributed by atoms with Crippen molar-refractivity contribution in [3.63, 3.8) is 0 Å². The van der Waals surface area contributed by atoms with Gasteiger partial charge >= 0.3 is 0 Å². The second-order valence-corrected chi connectivity index (χ2v) is 9.22. The Hall–Kier alpha value is -2.69. The number of piperidine rings is 3. The van der Waals surface area contributed by atoms with Crippen LogP contribution in [-0.2, 0) is 0 Å². The van der Waals surface area contributed by atoms with Crippen LogP contribution in [0.3, 0.4) is 0 Å². The number of hydrogen-bond acceptors (Lipinski definition) is 4. The van der Waals surface area contributed by atoms with Crippen LogP contribution in [0.25, 0.3) is 23.1 Å². The Morgan fingerprint density at radius 3 is 2.72 bits per heavy atom. The molecule has 3 fully saturated rings. The van der Waals surface area contributed by atoms with Crippen molar-refractivity contribution in [1.82, 2.24) is 9.88 Å². The molecule has 0 amide bonds. The number of benzene rings is 2. The molecule has 0 saturated carbocycles. The normalized spacial score (nSPS) is 26.0. The first-order valence-corrected chi connectivity index (χ1v) is 11.8. The van der Waals surface area contributed by atoms with E-state index in [2.05, 4.69) is 36.1 Å². The number of hydrogen-bond donors (Lipinski definition) is 1. The molecule has 2 aromatic carbocycles. The topological polar surface area (TPSA) is 45.6 Å². The molecule has 4 nitrogen and oxygen atoms in total. The maximum absolute atomic E-state index is 11.7. The molecule has 3 aromatic rings. The van der Waals surface area contributed by atoms with Gasteiger partial charge in [-0.1, -0.05) is 49.8 Å². The Morgan fingerprint density at radius 1 is 1.16 bits per heavy atom. The van der Waals surface area contributed by atoms with E-state index in [0.717, 1.165) is 64.8 Å². The SMILES string of the molecule is CC[C@H]1CN2CC[C@@H]1C[C@H]2[C@H](O)c1cc(/C=C/c2ccccc2)nc2ccc(OC)cc12. The molecule has 0 aliphatic carbocycles. The van der Waals surface area contributed by atoms with Crippen molar-refractivity contribution in [2.45, 2.75) is 38.3 Å². The van der Waals surface area contributed by atoms with Crippen molar-refractivity contribution < 1.29 is 9.84 Å². The van der Waals surface area contributed by atoms with Crippen LogP contribution in [0.2, 0.25) is 0 Å². The van der Waals surface area contributed by atoms with E-state index in [-0.39, 0.29) is 6.04 Å². The maximum Gasteiger partial charge on any atom is 0.119 e. The standard InChI is InChI=1S/C28H32N2O2/c1-3-20-18-30-14-13-21(20)15-27(30)28(31)25-16-22(10-9-19-7-5-4-6-8-19)29-26-12-11-23(32-2)17-24(25)26/h4-12,16-17,20-21,27-28,31H,3,13-15,18H2,1-2H3/b10-9+/t20-,21+,27-,28+/m0/s1. The summed E-state index contributed by atoms with van der Waals surface area (Å²) in [7, 11) is 1.68. The van der Waals surface area contributed by atoms with Crippen LogP contribution < -0.4 is 4.74 Å². The van der Waals surface area contributed by atoms with Crippen molar-refractivity contribution >= 4 is 23.1 Å². The number of fused-ring (bicyclic) bond motifs is 4. The highest BCUT2D eigenvalue weighted by atomic mass is 16.5. The molecule has 1 unspecified atom stereocenters. The van der Waals surface area contributed by atoms with Gasteiger partial charge in [0.1, 0.15) is 5.75 Å². The van der Waals surface area contributed by atoms with Crippen molar-refractivity contribution in [1.29, 1.82) is 0 Å². The first-order valence-electron chi connectivity index (χ1n) is 11.8. The van der Waals surface area contributed by atoms with Gasteiger partial charge in [-0.2, -0.15) is 0 Å². The fourth-order valence-electron chi connectivity index (χ4n) is 5.63. The van der Waals surface area contributed by atoms with Crippen molar-refractivity contribution in [2.24, 2.45) is 11.8 Å². The van der Waals surface area contributed by atoms with Gasteiger partial charge in [-0.05, 0) is 72.7 Å². The molecular weight excluding hydrogens is 396 g/mol. The van der Waals surface area contributed by atoms with Crippen LogP contribution >= 0.6 is 0 Å². The lowest BCUT2D eigenvalue weighted by Gasteiger charge is -2.51. The number of methoxy groups -OCH3 is 1. The smallest absolute Gasteiger partial charge is 0.119 e. The van der Waals surface area contributed by atoms with Crippen LogP contribution in [-0.4, -0.2) is 41.2 Å². The number of aliphatic hydroxyl groups is 1. The number of aromatic nitrogens is 1. The van der Waals surface area contributed by atoms with Crippen LogP contribution in [0, 0.1) is 11.8 Å². The molecule has 3 saturated heterocycles. The van der Waals surface area contributed by atoms with E-state index in [9.17, 15) is 5.11 Å². The third kappa shape index (κ3) is 4.05. The average molecular weight is 429 g/mol. The fraction of sp³-hybridized carbons (Fsp3) is 0.393. The molecule has 32 heavy (non-hydrogen) atoms. The van der Waals surface area contributed by atoms with Gasteiger partial charge < -0.3 is 9.84 Å². The van der Waals surface area contributed by atoms with Crippen molar-refractivity contribution in [3.05, 3.63) is 71.4 Å². The number of rotatable bonds is 6.